The third-order valence-electron chi connectivity index (χ3n) is 2.68. The predicted octanol–water partition coefficient (Wildman–Crippen LogP) is 1.56. The van der Waals surface area contributed by atoms with Crippen LogP contribution in [0.2, 0.25) is 0 Å². The van der Waals surface area contributed by atoms with Gasteiger partial charge in [0.2, 0.25) is 0 Å². The van der Waals surface area contributed by atoms with Gasteiger partial charge in [0.1, 0.15) is 5.52 Å². The highest BCUT2D eigenvalue weighted by atomic mass is 16.6. The minimum Gasteiger partial charge on any atom is -0.394 e. The first-order valence-corrected chi connectivity index (χ1v) is 5.65. The fourth-order valence-corrected chi connectivity index (χ4v) is 1.90. The number of nitro benzene ring substituents is 1. The van der Waals surface area contributed by atoms with Crippen LogP contribution < -0.4 is 0 Å². The Labute approximate surface area is 104 Å². The molecule has 0 aliphatic heterocycles. The molecule has 0 amide bonds. The molecule has 0 fully saturated rings. The number of nitrogens with zero attached hydrogens (tertiary/aromatic N) is 2. The van der Waals surface area contributed by atoms with Crippen molar-refractivity contribution in [2.45, 2.75) is 6.54 Å². The summed E-state index contributed by atoms with van der Waals surface area (Å²) in [5.41, 5.74) is 0.703. The molecule has 0 unspecified atom stereocenters. The highest BCUT2D eigenvalue weighted by molar-refractivity contribution is 5.88. The maximum absolute atomic E-state index is 11.0. The Hall–Kier alpha value is -1.92. The van der Waals surface area contributed by atoms with E-state index in [9.17, 15) is 10.1 Å². The molecule has 2 aromatic rings. The van der Waals surface area contributed by atoms with Crippen LogP contribution >= 0.6 is 0 Å². The number of non-ortho nitro benzene ring substituents is 1. The topological polar surface area (TPSA) is 77.5 Å². The van der Waals surface area contributed by atoms with Crippen LogP contribution in [0.5, 0.6) is 0 Å². The Bertz CT molecular complexity index is 550. The molecule has 18 heavy (non-hydrogen) atoms. The van der Waals surface area contributed by atoms with Gasteiger partial charge >= 0.3 is 0 Å². The van der Waals surface area contributed by atoms with Gasteiger partial charge in [0.05, 0.1) is 24.7 Å². The smallest absolute Gasteiger partial charge is 0.293 e. The van der Waals surface area contributed by atoms with Crippen molar-refractivity contribution < 1.29 is 14.8 Å². The molecule has 0 saturated carbocycles. The van der Waals surface area contributed by atoms with Crippen LogP contribution in [-0.2, 0) is 11.3 Å². The first-order valence-electron chi connectivity index (χ1n) is 5.65. The summed E-state index contributed by atoms with van der Waals surface area (Å²) in [6.07, 6.45) is 1.81. The summed E-state index contributed by atoms with van der Waals surface area (Å²) < 4.78 is 6.96. The van der Waals surface area contributed by atoms with Crippen molar-refractivity contribution in [1.29, 1.82) is 0 Å². The van der Waals surface area contributed by atoms with Crippen molar-refractivity contribution >= 4 is 16.6 Å². The lowest BCUT2D eigenvalue weighted by molar-refractivity contribution is -0.383. The maximum Gasteiger partial charge on any atom is 0.293 e. The number of aliphatic hydroxyl groups is 1. The Balaban J connectivity index is 2.25. The zero-order valence-corrected chi connectivity index (χ0v) is 9.78. The zero-order valence-electron chi connectivity index (χ0n) is 9.78. The second-order valence-electron chi connectivity index (χ2n) is 3.82. The lowest BCUT2D eigenvalue weighted by Crippen LogP contribution is -2.08. The summed E-state index contributed by atoms with van der Waals surface area (Å²) >= 11 is 0. The fraction of sp³-hybridized carbons (Fsp3) is 0.333. The van der Waals surface area contributed by atoms with Gasteiger partial charge in [-0.15, -0.1) is 0 Å². The summed E-state index contributed by atoms with van der Waals surface area (Å²) in [4.78, 5) is 10.6. The molecule has 0 aliphatic rings. The largest absolute Gasteiger partial charge is 0.394 e. The fourth-order valence-electron chi connectivity index (χ4n) is 1.90. The number of benzene rings is 1. The molecule has 0 radical (unpaired) electrons. The van der Waals surface area contributed by atoms with E-state index >= 15 is 0 Å². The van der Waals surface area contributed by atoms with E-state index in [2.05, 4.69) is 0 Å². The molecule has 0 spiro atoms. The Morgan fingerprint density at radius 3 is 2.89 bits per heavy atom. The maximum atomic E-state index is 11.0. The molecule has 96 valence electrons. The van der Waals surface area contributed by atoms with E-state index in [1.165, 1.54) is 6.07 Å². The molecule has 1 N–H and O–H groups in total. The van der Waals surface area contributed by atoms with Gasteiger partial charge in [-0.05, 0) is 6.07 Å². The molecule has 1 aromatic heterocycles. The number of fused-ring (bicyclic) bond motifs is 1. The monoisotopic (exact) mass is 250 g/mol. The van der Waals surface area contributed by atoms with Gasteiger partial charge in [0.25, 0.3) is 5.69 Å². The third kappa shape index (κ3) is 2.49. The summed E-state index contributed by atoms with van der Waals surface area (Å²) in [5.74, 6) is 0. The number of aromatic nitrogens is 1. The van der Waals surface area contributed by atoms with Crippen molar-refractivity contribution in [3.05, 3.63) is 40.6 Å². The number of aliphatic hydroxyl groups excluding tert-OH is 1. The molecule has 1 aromatic carbocycles. The predicted molar refractivity (Wildman–Crippen MR) is 66.5 cm³/mol. The standard InChI is InChI=1S/C12H14N2O4/c15-7-9-18-8-6-13-5-4-10-2-1-3-11(12(10)13)14(16)17/h1-5,15H,6-9H2. The molecule has 0 bridgehead atoms. The number of para-hydroxylation sites is 1. The summed E-state index contributed by atoms with van der Waals surface area (Å²) in [7, 11) is 0. The molecular weight excluding hydrogens is 236 g/mol. The third-order valence-corrected chi connectivity index (χ3v) is 2.68. The van der Waals surface area contributed by atoms with E-state index in [1.807, 2.05) is 12.1 Å². The highest BCUT2D eigenvalue weighted by Gasteiger charge is 2.14. The van der Waals surface area contributed by atoms with Gasteiger partial charge in [-0.1, -0.05) is 12.1 Å². The average Bonchev–Trinajstić information content (AvgIpc) is 2.77. The van der Waals surface area contributed by atoms with Crippen molar-refractivity contribution in [2.75, 3.05) is 19.8 Å². The summed E-state index contributed by atoms with van der Waals surface area (Å²) in [5, 5.41) is 20.4. The Kier molecular flexibility index (Phi) is 3.91. The normalized spacial score (nSPS) is 10.9. The summed E-state index contributed by atoms with van der Waals surface area (Å²) in [6, 6.07) is 6.85. The second kappa shape index (κ2) is 5.61. The molecular formula is C12H14N2O4. The molecule has 0 atom stereocenters. The second-order valence-corrected chi connectivity index (χ2v) is 3.82. The van der Waals surface area contributed by atoms with Crippen LogP contribution in [0, 0.1) is 10.1 Å². The van der Waals surface area contributed by atoms with Gasteiger partial charge < -0.3 is 14.4 Å². The van der Waals surface area contributed by atoms with Crippen LogP contribution in [0.25, 0.3) is 10.9 Å². The number of hydrogen-bond acceptors (Lipinski definition) is 4. The van der Waals surface area contributed by atoms with E-state index in [0.29, 0.717) is 18.7 Å². The van der Waals surface area contributed by atoms with E-state index in [1.54, 1.807) is 16.8 Å². The molecule has 2 rings (SSSR count). The van der Waals surface area contributed by atoms with Gasteiger partial charge in [-0.3, -0.25) is 10.1 Å². The molecule has 6 nitrogen and oxygen atoms in total. The Morgan fingerprint density at radius 1 is 1.33 bits per heavy atom. The number of ether oxygens (including phenoxy) is 1. The highest BCUT2D eigenvalue weighted by Crippen LogP contribution is 2.26. The van der Waals surface area contributed by atoms with Crippen LogP contribution in [-0.4, -0.2) is 34.4 Å². The quantitative estimate of drug-likeness (QED) is 0.479. The van der Waals surface area contributed by atoms with Crippen LogP contribution in [0.4, 0.5) is 5.69 Å². The van der Waals surface area contributed by atoms with Crippen LogP contribution in [0.15, 0.2) is 30.5 Å². The first-order chi connectivity index (χ1) is 8.74. The van der Waals surface area contributed by atoms with E-state index in [-0.39, 0.29) is 23.8 Å². The molecule has 6 heteroatoms. The van der Waals surface area contributed by atoms with Crippen molar-refractivity contribution in [3.8, 4) is 0 Å². The number of rotatable bonds is 6. The Morgan fingerprint density at radius 2 is 2.17 bits per heavy atom. The molecule has 1 heterocycles. The first kappa shape index (κ1) is 12.5. The van der Waals surface area contributed by atoms with E-state index in [4.69, 9.17) is 9.84 Å². The van der Waals surface area contributed by atoms with Crippen molar-refractivity contribution in [2.24, 2.45) is 0 Å². The van der Waals surface area contributed by atoms with Gasteiger partial charge in [-0.25, -0.2) is 0 Å². The molecule has 0 saturated heterocycles. The SMILES string of the molecule is O=[N+]([O-])c1cccc2ccn(CCOCCO)c12. The van der Waals surface area contributed by atoms with E-state index < -0.39 is 0 Å². The number of nitro groups is 1. The molecule has 0 aliphatic carbocycles. The van der Waals surface area contributed by atoms with Gasteiger partial charge in [0.15, 0.2) is 0 Å². The minimum atomic E-state index is -0.382. The van der Waals surface area contributed by atoms with Crippen molar-refractivity contribution in [3.63, 3.8) is 0 Å². The average molecular weight is 250 g/mol. The summed E-state index contributed by atoms with van der Waals surface area (Å²) in [6.45, 7) is 1.19. The van der Waals surface area contributed by atoms with Crippen molar-refractivity contribution in [1.82, 2.24) is 4.57 Å². The number of hydrogen-bond donors (Lipinski definition) is 1. The van der Waals surface area contributed by atoms with Gasteiger partial charge in [-0.2, -0.15) is 0 Å². The minimum absolute atomic E-state index is 0.0213. The van der Waals surface area contributed by atoms with Crippen LogP contribution in [0.3, 0.4) is 0 Å². The lowest BCUT2D eigenvalue weighted by Gasteiger charge is -2.06. The zero-order chi connectivity index (χ0) is 13.0. The van der Waals surface area contributed by atoms with Crippen LogP contribution in [0.1, 0.15) is 0 Å². The van der Waals surface area contributed by atoms with Gasteiger partial charge in [0, 0.05) is 24.2 Å². The lowest BCUT2D eigenvalue weighted by atomic mass is 10.2. The van der Waals surface area contributed by atoms with E-state index in [0.717, 1.165) is 5.39 Å².